The molecule has 1 aliphatic heterocycles. The van der Waals surface area contributed by atoms with Gasteiger partial charge in [-0.1, -0.05) is 19.1 Å². The summed E-state index contributed by atoms with van der Waals surface area (Å²) in [6, 6.07) is 11.5. The van der Waals surface area contributed by atoms with E-state index in [1.54, 1.807) is 36.0 Å². The first kappa shape index (κ1) is 20.8. The van der Waals surface area contributed by atoms with Crippen molar-refractivity contribution in [2.24, 2.45) is 0 Å². The number of aromatic nitrogens is 1. The monoisotopic (exact) mass is 462 g/mol. The fraction of sp³-hybridized carbons (Fsp3) is 0.350. The van der Waals surface area contributed by atoms with Gasteiger partial charge in [-0.3, -0.25) is 14.5 Å². The number of fused-ring (bicyclic) bond motifs is 1. The van der Waals surface area contributed by atoms with Crippen molar-refractivity contribution in [3.63, 3.8) is 0 Å². The molecular formula is C20H23BrN4O2S. The summed E-state index contributed by atoms with van der Waals surface area (Å²) >= 11 is 5.11. The number of nitrogens with zero attached hydrogens (tertiary/aromatic N) is 3. The minimum absolute atomic E-state index is 0.000725. The van der Waals surface area contributed by atoms with Crippen LogP contribution < -0.4 is 10.2 Å². The molecule has 28 heavy (non-hydrogen) atoms. The Labute approximate surface area is 177 Å². The van der Waals surface area contributed by atoms with Crippen molar-refractivity contribution in [1.82, 2.24) is 9.88 Å². The lowest BCUT2D eigenvalue weighted by Crippen LogP contribution is -2.42. The summed E-state index contributed by atoms with van der Waals surface area (Å²) in [5.74, 6) is 0.283. The van der Waals surface area contributed by atoms with E-state index in [2.05, 4.69) is 39.2 Å². The van der Waals surface area contributed by atoms with Gasteiger partial charge in [0.15, 0.2) is 0 Å². The second kappa shape index (κ2) is 9.54. The summed E-state index contributed by atoms with van der Waals surface area (Å²) in [5, 5.41) is 3.20. The quantitative estimate of drug-likeness (QED) is 0.734. The van der Waals surface area contributed by atoms with Gasteiger partial charge in [-0.15, -0.1) is 11.8 Å². The molecule has 1 aliphatic rings. The molecule has 1 aromatic heterocycles. The number of nitrogens with one attached hydrogen (secondary N) is 1. The molecule has 2 amide bonds. The standard InChI is InChI=1S/C20H23BrN4O2S/c1-14-9-10-25(16-5-3-4-6-17(16)28-14)20(27)13-24(2)12-19(26)23-18-8-7-15(21)11-22-18/h3-8,11,14H,9-10,12-13H2,1-2H3,(H,22,23,26). The molecule has 1 N–H and O–H groups in total. The van der Waals surface area contributed by atoms with E-state index in [4.69, 9.17) is 0 Å². The Bertz CT molecular complexity index is 846. The lowest BCUT2D eigenvalue weighted by molar-refractivity contribution is -0.121. The molecule has 0 bridgehead atoms. The van der Waals surface area contributed by atoms with E-state index in [-0.39, 0.29) is 24.9 Å². The average Bonchev–Trinajstić information content (AvgIpc) is 2.81. The smallest absolute Gasteiger partial charge is 0.241 e. The van der Waals surface area contributed by atoms with Crippen LogP contribution in [0.2, 0.25) is 0 Å². The molecule has 0 saturated carbocycles. The number of pyridine rings is 1. The SMILES string of the molecule is CC1CCN(C(=O)CN(C)CC(=O)Nc2ccc(Br)cn2)c2ccccc2S1. The van der Waals surface area contributed by atoms with Gasteiger partial charge in [0.1, 0.15) is 5.82 Å². The van der Waals surface area contributed by atoms with Crippen LogP contribution in [-0.4, -0.2) is 53.6 Å². The predicted molar refractivity (Wildman–Crippen MR) is 117 cm³/mol. The zero-order chi connectivity index (χ0) is 20.1. The van der Waals surface area contributed by atoms with Crippen LogP contribution in [0.5, 0.6) is 0 Å². The fourth-order valence-corrected chi connectivity index (χ4v) is 4.34. The lowest BCUT2D eigenvalue weighted by atomic mass is 10.2. The van der Waals surface area contributed by atoms with Crippen molar-refractivity contribution in [2.45, 2.75) is 23.5 Å². The first-order valence-electron chi connectivity index (χ1n) is 9.08. The van der Waals surface area contributed by atoms with E-state index in [0.29, 0.717) is 17.6 Å². The number of para-hydroxylation sites is 1. The Hall–Kier alpha value is -1.90. The van der Waals surface area contributed by atoms with Gasteiger partial charge < -0.3 is 10.2 Å². The lowest BCUT2D eigenvalue weighted by Gasteiger charge is -2.25. The molecule has 2 aromatic rings. The second-order valence-electron chi connectivity index (χ2n) is 6.81. The van der Waals surface area contributed by atoms with Gasteiger partial charge in [0.05, 0.1) is 18.8 Å². The van der Waals surface area contributed by atoms with Gasteiger partial charge in [-0.05, 0) is 53.7 Å². The van der Waals surface area contributed by atoms with Crippen molar-refractivity contribution in [1.29, 1.82) is 0 Å². The Morgan fingerprint density at radius 3 is 2.82 bits per heavy atom. The van der Waals surface area contributed by atoms with Gasteiger partial charge in [0, 0.05) is 27.4 Å². The molecule has 0 radical (unpaired) electrons. The molecule has 1 unspecified atom stereocenters. The molecule has 8 heteroatoms. The van der Waals surface area contributed by atoms with Crippen LogP contribution >= 0.6 is 27.7 Å². The van der Waals surface area contributed by atoms with E-state index in [9.17, 15) is 9.59 Å². The van der Waals surface area contributed by atoms with E-state index < -0.39 is 0 Å². The molecule has 148 valence electrons. The van der Waals surface area contributed by atoms with Gasteiger partial charge in [0.25, 0.3) is 0 Å². The third-order valence-corrected chi connectivity index (χ3v) is 6.06. The number of thioether (sulfide) groups is 1. The summed E-state index contributed by atoms with van der Waals surface area (Å²) in [7, 11) is 1.77. The van der Waals surface area contributed by atoms with Gasteiger partial charge in [-0.2, -0.15) is 0 Å². The first-order valence-corrected chi connectivity index (χ1v) is 10.8. The van der Waals surface area contributed by atoms with E-state index in [0.717, 1.165) is 21.5 Å². The predicted octanol–water partition coefficient (Wildman–Crippen LogP) is 3.63. The number of rotatable bonds is 5. The number of anilines is 2. The highest BCUT2D eigenvalue weighted by Crippen LogP contribution is 2.37. The highest BCUT2D eigenvalue weighted by atomic mass is 79.9. The van der Waals surface area contributed by atoms with Crippen LogP contribution in [-0.2, 0) is 9.59 Å². The zero-order valence-electron chi connectivity index (χ0n) is 15.9. The molecule has 1 atom stereocenters. The van der Waals surface area contributed by atoms with Crippen LogP contribution in [0.1, 0.15) is 13.3 Å². The molecule has 0 aliphatic carbocycles. The van der Waals surface area contributed by atoms with Crippen molar-refractivity contribution < 1.29 is 9.59 Å². The third kappa shape index (κ3) is 5.56. The average molecular weight is 463 g/mol. The summed E-state index contributed by atoms with van der Waals surface area (Å²) in [5.41, 5.74) is 0.957. The number of hydrogen-bond donors (Lipinski definition) is 1. The van der Waals surface area contributed by atoms with Crippen LogP contribution in [0, 0.1) is 0 Å². The molecule has 0 fully saturated rings. The number of amides is 2. The second-order valence-corrected chi connectivity index (χ2v) is 9.21. The van der Waals surface area contributed by atoms with Crippen molar-refractivity contribution >= 4 is 51.0 Å². The Morgan fingerprint density at radius 1 is 1.29 bits per heavy atom. The topological polar surface area (TPSA) is 65.5 Å². The number of carbonyl (C=O) groups excluding carboxylic acids is 2. The number of hydrogen-bond acceptors (Lipinski definition) is 5. The van der Waals surface area contributed by atoms with E-state index in [1.807, 2.05) is 29.2 Å². The summed E-state index contributed by atoms with van der Waals surface area (Å²) in [4.78, 5) is 34.0. The maximum Gasteiger partial charge on any atom is 0.241 e. The number of carbonyl (C=O) groups is 2. The highest BCUT2D eigenvalue weighted by Gasteiger charge is 2.25. The first-order chi connectivity index (χ1) is 13.4. The van der Waals surface area contributed by atoms with Crippen LogP contribution in [0.25, 0.3) is 0 Å². The number of halogens is 1. The van der Waals surface area contributed by atoms with Crippen molar-refractivity contribution in [3.8, 4) is 0 Å². The van der Waals surface area contributed by atoms with Crippen LogP contribution in [0.3, 0.4) is 0 Å². The molecule has 2 heterocycles. The van der Waals surface area contributed by atoms with E-state index in [1.165, 1.54) is 0 Å². The summed E-state index contributed by atoms with van der Waals surface area (Å²) in [6.07, 6.45) is 2.56. The molecule has 3 rings (SSSR count). The number of likely N-dealkylation sites (N-methyl/N-ethyl adjacent to an activating group) is 1. The van der Waals surface area contributed by atoms with Gasteiger partial charge in [-0.25, -0.2) is 4.98 Å². The molecule has 0 saturated heterocycles. The zero-order valence-corrected chi connectivity index (χ0v) is 18.3. The highest BCUT2D eigenvalue weighted by molar-refractivity contribution is 9.10. The van der Waals surface area contributed by atoms with E-state index >= 15 is 0 Å². The summed E-state index contributed by atoms with van der Waals surface area (Å²) < 4.78 is 0.846. The Morgan fingerprint density at radius 2 is 2.07 bits per heavy atom. The Kier molecular flexibility index (Phi) is 7.09. The molecule has 6 nitrogen and oxygen atoms in total. The van der Waals surface area contributed by atoms with Gasteiger partial charge in [0.2, 0.25) is 11.8 Å². The summed E-state index contributed by atoms with van der Waals surface area (Å²) in [6.45, 7) is 3.16. The van der Waals surface area contributed by atoms with Crippen LogP contribution in [0.4, 0.5) is 11.5 Å². The normalized spacial score (nSPS) is 16.4. The number of benzene rings is 1. The largest absolute Gasteiger partial charge is 0.310 e. The van der Waals surface area contributed by atoms with Crippen molar-refractivity contribution in [3.05, 3.63) is 47.1 Å². The maximum absolute atomic E-state index is 12.9. The molecule has 0 spiro atoms. The maximum atomic E-state index is 12.9. The minimum Gasteiger partial charge on any atom is -0.310 e. The molecular weight excluding hydrogens is 440 g/mol. The fourth-order valence-electron chi connectivity index (χ4n) is 3.00. The van der Waals surface area contributed by atoms with Gasteiger partial charge >= 0.3 is 0 Å². The van der Waals surface area contributed by atoms with Crippen LogP contribution in [0.15, 0.2) is 52.0 Å². The minimum atomic E-state index is -0.203. The Balaban J connectivity index is 1.59. The third-order valence-electron chi connectivity index (χ3n) is 4.36. The van der Waals surface area contributed by atoms with Crippen molar-refractivity contribution in [2.75, 3.05) is 36.9 Å². The molecule has 1 aromatic carbocycles.